The molecule has 0 saturated heterocycles. The van der Waals surface area contributed by atoms with Gasteiger partial charge < -0.3 is 19.3 Å². The van der Waals surface area contributed by atoms with Gasteiger partial charge in [-0.3, -0.25) is 4.79 Å². The predicted octanol–water partition coefficient (Wildman–Crippen LogP) is 6.99. The number of esters is 1. The molecule has 0 bridgehead atoms. The van der Waals surface area contributed by atoms with E-state index in [0.29, 0.717) is 45.9 Å². The Kier molecular flexibility index (Phi) is 27.8. The van der Waals surface area contributed by atoms with Crippen molar-refractivity contribution in [2.75, 3.05) is 39.6 Å². The largest absolute Gasteiger partial charge is 0.466 e. The summed E-state index contributed by atoms with van der Waals surface area (Å²) >= 11 is 0. The first-order valence-corrected chi connectivity index (χ1v) is 13.7. The van der Waals surface area contributed by atoms with Crippen LogP contribution in [0.4, 0.5) is 0 Å². The summed E-state index contributed by atoms with van der Waals surface area (Å²) in [7, 11) is 0. The highest BCUT2D eigenvalue weighted by molar-refractivity contribution is 5.69. The maximum Gasteiger partial charge on any atom is 0.305 e. The lowest BCUT2D eigenvalue weighted by Crippen LogP contribution is -2.09. The molecule has 0 aromatic heterocycles. The van der Waals surface area contributed by atoms with Crippen LogP contribution in [0.25, 0.3) is 0 Å². The number of hydrogen-bond donors (Lipinski definition) is 1. The summed E-state index contributed by atoms with van der Waals surface area (Å²) in [4.78, 5) is 11.7. The van der Waals surface area contributed by atoms with Gasteiger partial charge in [0, 0.05) is 45.9 Å². The minimum absolute atomic E-state index is 0.0722. The van der Waals surface area contributed by atoms with Gasteiger partial charge in [0.1, 0.15) is 0 Å². The van der Waals surface area contributed by atoms with Crippen LogP contribution in [0.2, 0.25) is 0 Å². The molecule has 0 atom stereocenters. The minimum Gasteiger partial charge on any atom is -0.466 e. The highest BCUT2D eigenvalue weighted by atomic mass is 16.5. The van der Waals surface area contributed by atoms with Gasteiger partial charge in [-0.25, -0.2) is 0 Å². The molecule has 192 valence electrons. The van der Waals surface area contributed by atoms with Crippen LogP contribution in [0.1, 0.15) is 129 Å². The monoisotopic (exact) mass is 458 g/mol. The van der Waals surface area contributed by atoms with E-state index in [2.05, 4.69) is 6.92 Å². The highest BCUT2D eigenvalue weighted by Gasteiger charge is 2.02. The Morgan fingerprint density at radius 3 is 1.41 bits per heavy atom. The molecule has 5 heteroatoms. The molecule has 5 nitrogen and oxygen atoms in total. The van der Waals surface area contributed by atoms with Crippen molar-refractivity contribution in [3.8, 4) is 0 Å². The number of unbranched alkanes of at least 4 members (excludes halogenated alkanes) is 14. The number of ether oxygens (including phenoxy) is 3. The van der Waals surface area contributed by atoms with Crippen molar-refractivity contribution in [3.05, 3.63) is 0 Å². The number of aliphatic hydroxyl groups is 1. The fraction of sp³-hybridized carbons (Fsp3) is 0.963. The van der Waals surface area contributed by atoms with Crippen molar-refractivity contribution in [2.24, 2.45) is 0 Å². The fourth-order valence-electron chi connectivity index (χ4n) is 3.69. The second kappa shape index (κ2) is 28.4. The Balaban J connectivity index is 3.13. The van der Waals surface area contributed by atoms with Gasteiger partial charge in [-0.2, -0.15) is 0 Å². The number of carbonyl (C=O) groups excluding carboxylic acids is 1. The SMILES string of the molecule is CCCCCCCCCCCCCCCCCC(=O)OCCCOCCCOCCCO. The van der Waals surface area contributed by atoms with E-state index in [-0.39, 0.29) is 12.6 Å². The molecule has 0 amide bonds. The third kappa shape index (κ3) is 27.4. The molecule has 0 aromatic carbocycles. The van der Waals surface area contributed by atoms with Crippen molar-refractivity contribution in [1.29, 1.82) is 0 Å². The number of carbonyl (C=O) groups is 1. The van der Waals surface area contributed by atoms with Crippen molar-refractivity contribution < 1.29 is 24.1 Å². The molecule has 1 N–H and O–H groups in total. The molecule has 0 spiro atoms. The predicted molar refractivity (Wildman–Crippen MR) is 133 cm³/mol. The summed E-state index contributed by atoms with van der Waals surface area (Å²) in [5.74, 6) is -0.0722. The zero-order chi connectivity index (χ0) is 23.4. The fourth-order valence-corrected chi connectivity index (χ4v) is 3.69. The molecule has 0 saturated carbocycles. The lowest BCUT2D eigenvalue weighted by molar-refractivity contribution is -0.144. The molecular weight excluding hydrogens is 404 g/mol. The van der Waals surface area contributed by atoms with Crippen LogP contribution >= 0.6 is 0 Å². The molecular formula is C27H54O5. The molecule has 32 heavy (non-hydrogen) atoms. The van der Waals surface area contributed by atoms with Crippen LogP contribution in [0.3, 0.4) is 0 Å². The summed E-state index contributed by atoms with van der Waals surface area (Å²) in [6.07, 6.45) is 22.8. The Labute approximate surface area is 199 Å². The average molecular weight is 459 g/mol. The summed E-state index contributed by atoms with van der Waals surface area (Å²) < 4.78 is 16.1. The van der Waals surface area contributed by atoms with Gasteiger partial charge in [0.2, 0.25) is 0 Å². The van der Waals surface area contributed by atoms with E-state index in [1.807, 2.05) is 0 Å². The van der Waals surface area contributed by atoms with Crippen LogP contribution in [0.15, 0.2) is 0 Å². The summed E-state index contributed by atoms with van der Waals surface area (Å²) in [6, 6.07) is 0. The zero-order valence-electron chi connectivity index (χ0n) is 21.3. The smallest absolute Gasteiger partial charge is 0.305 e. The Hall–Kier alpha value is -0.650. The average Bonchev–Trinajstić information content (AvgIpc) is 2.80. The van der Waals surface area contributed by atoms with Gasteiger partial charge in [0.25, 0.3) is 0 Å². The summed E-state index contributed by atoms with van der Waals surface area (Å²) in [6.45, 7) is 5.44. The van der Waals surface area contributed by atoms with E-state index in [9.17, 15) is 4.79 Å². The quantitative estimate of drug-likeness (QED) is 0.106. The van der Waals surface area contributed by atoms with Gasteiger partial charge in [0.15, 0.2) is 0 Å². The number of hydrogen-bond acceptors (Lipinski definition) is 5. The van der Waals surface area contributed by atoms with Crippen LogP contribution < -0.4 is 0 Å². The van der Waals surface area contributed by atoms with Crippen LogP contribution in [-0.2, 0) is 19.0 Å². The molecule has 0 aliphatic carbocycles. The Morgan fingerprint density at radius 1 is 0.531 bits per heavy atom. The topological polar surface area (TPSA) is 65.0 Å². The van der Waals surface area contributed by atoms with E-state index in [1.54, 1.807) is 0 Å². The molecule has 0 heterocycles. The molecule has 0 unspecified atom stereocenters. The highest BCUT2D eigenvalue weighted by Crippen LogP contribution is 2.13. The summed E-state index contributed by atoms with van der Waals surface area (Å²) in [5, 5.41) is 8.64. The van der Waals surface area contributed by atoms with Crippen molar-refractivity contribution in [1.82, 2.24) is 0 Å². The van der Waals surface area contributed by atoms with E-state index in [1.165, 1.54) is 83.5 Å². The van der Waals surface area contributed by atoms with Gasteiger partial charge in [-0.15, -0.1) is 0 Å². The Morgan fingerprint density at radius 2 is 0.938 bits per heavy atom. The molecule has 0 fully saturated rings. The first-order chi connectivity index (χ1) is 15.8. The second-order valence-corrected chi connectivity index (χ2v) is 8.93. The minimum atomic E-state index is -0.0722. The lowest BCUT2D eigenvalue weighted by Gasteiger charge is -2.07. The zero-order valence-corrected chi connectivity index (χ0v) is 21.3. The van der Waals surface area contributed by atoms with Gasteiger partial charge in [0.05, 0.1) is 6.61 Å². The number of aliphatic hydroxyl groups excluding tert-OH is 1. The van der Waals surface area contributed by atoms with Gasteiger partial charge >= 0.3 is 5.97 Å². The van der Waals surface area contributed by atoms with E-state index in [4.69, 9.17) is 19.3 Å². The molecule has 0 radical (unpaired) electrons. The second-order valence-electron chi connectivity index (χ2n) is 8.93. The maximum atomic E-state index is 11.7. The van der Waals surface area contributed by atoms with Crippen LogP contribution in [-0.4, -0.2) is 50.7 Å². The molecule has 0 aliphatic rings. The summed E-state index contributed by atoms with van der Waals surface area (Å²) in [5.41, 5.74) is 0. The van der Waals surface area contributed by atoms with Crippen molar-refractivity contribution in [2.45, 2.75) is 129 Å². The first kappa shape index (κ1) is 31.4. The first-order valence-electron chi connectivity index (χ1n) is 13.7. The third-order valence-corrected chi connectivity index (χ3v) is 5.70. The Bertz CT molecular complexity index is 362. The molecule has 0 rings (SSSR count). The lowest BCUT2D eigenvalue weighted by atomic mass is 10.0. The molecule has 0 aromatic rings. The molecule has 0 aliphatic heterocycles. The van der Waals surface area contributed by atoms with E-state index < -0.39 is 0 Å². The van der Waals surface area contributed by atoms with Crippen LogP contribution in [0.5, 0.6) is 0 Å². The standard InChI is InChI=1S/C27H54O5/c1-2-3-4-5-6-7-8-9-10-11-12-13-14-15-16-20-27(29)32-26-19-25-31-24-18-23-30-22-17-21-28/h28H,2-26H2,1H3. The van der Waals surface area contributed by atoms with Gasteiger partial charge in [-0.05, 0) is 19.3 Å². The number of rotatable bonds is 27. The normalized spacial score (nSPS) is 11.2. The van der Waals surface area contributed by atoms with Crippen molar-refractivity contribution in [3.63, 3.8) is 0 Å². The maximum absolute atomic E-state index is 11.7. The van der Waals surface area contributed by atoms with E-state index >= 15 is 0 Å². The van der Waals surface area contributed by atoms with Crippen LogP contribution in [0, 0.1) is 0 Å². The van der Waals surface area contributed by atoms with E-state index in [0.717, 1.165) is 25.7 Å². The third-order valence-electron chi connectivity index (χ3n) is 5.70. The van der Waals surface area contributed by atoms with Crippen molar-refractivity contribution >= 4 is 5.97 Å². The van der Waals surface area contributed by atoms with Gasteiger partial charge in [-0.1, -0.05) is 96.8 Å².